The summed E-state index contributed by atoms with van der Waals surface area (Å²) in [7, 11) is 0. The van der Waals surface area contributed by atoms with Crippen LogP contribution in [0.5, 0.6) is 0 Å². The van der Waals surface area contributed by atoms with E-state index in [9.17, 15) is 20.4 Å². The molecule has 4 N–H and O–H groups in total. The van der Waals surface area contributed by atoms with Crippen LogP contribution in [0.1, 0.15) is 69.9 Å². The Morgan fingerprint density at radius 2 is 1.21 bits per heavy atom. The van der Waals surface area contributed by atoms with Crippen LogP contribution < -0.4 is 0 Å². The molecule has 0 radical (unpaired) electrons. The predicted molar refractivity (Wildman–Crippen MR) is 97.2 cm³/mol. The van der Waals surface area contributed by atoms with Gasteiger partial charge in [0.25, 0.3) is 0 Å². The monoisotopic (exact) mass is 338 g/mol. The Kier molecular flexibility index (Phi) is 6.26. The minimum Gasteiger partial charge on any atom is -0.395 e. The van der Waals surface area contributed by atoms with Gasteiger partial charge in [-0.25, -0.2) is 0 Å². The lowest BCUT2D eigenvalue weighted by atomic mass is 9.72. The van der Waals surface area contributed by atoms with Gasteiger partial charge in [0.15, 0.2) is 0 Å². The van der Waals surface area contributed by atoms with E-state index >= 15 is 0 Å². The summed E-state index contributed by atoms with van der Waals surface area (Å²) in [6.07, 6.45) is -1.16. The average molecular weight is 338 g/mol. The highest BCUT2D eigenvalue weighted by atomic mass is 16.3. The molecule has 0 saturated carbocycles. The minimum atomic E-state index is -1.37. The standard InChI is InChI=1S/C20H34O4/c1-13-8-16(19(5,6)7)14(9-15(13)18(2,3)4)17(24)20(10-21,11-22)12-23/h8-9,17,21-24H,10-12H2,1-7H3. The summed E-state index contributed by atoms with van der Waals surface area (Å²) in [5, 5.41) is 40.1. The van der Waals surface area contributed by atoms with Gasteiger partial charge >= 0.3 is 0 Å². The Labute approximate surface area is 146 Å². The van der Waals surface area contributed by atoms with Gasteiger partial charge in [-0.3, -0.25) is 0 Å². The maximum absolute atomic E-state index is 11.0. The molecule has 0 spiro atoms. The van der Waals surface area contributed by atoms with Crippen LogP contribution in [0.3, 0.4) is 0 Å². The highest BCUT2D eigenvalue weighted by Gasteiger charge is 2.40. The summed E-state index contributed by atoms with van der Waals surface area (Å²) in [5.74, 6) is 0. The van der Waals surface area contributed by atoms with E-state index < -0.39 is 31.3 Å². The molecule has 1 unspecified atom stereocenters. The normalized spacial score (nSPS) is 14.8. The smallest absolute Gasteiger partial charge is 0.0915 e. The number of hydrogen-bond donors (Lipinski definition) is 4. The summed E-state index contributed by atoms with van der Waals surface area (Å²) >= 11 is 0. The van der Waals surface area contributed by atoms with Crippen molar-refractivity contribution in [1.82, 2.24) is 0 Å². The fourth-order valence-corrected chi connectivity index (χ4v) is 3.15. The molecular weight excluding hydrogens is 304 g/mol. The molecule has 0 aliphatic heterocycles. The fraction of sp³-hybridized carbons (Fsp3) is 0.700. The van der Waals surface area contributed by atoms with Gasteiger partial charge in [-0.05, 0) is 40.0 Å². The molecule has 0 amide bonds. The van der Waals surface area contributed by atoms with E-state index in [1.165, 1.54) is 0 Å². The molecule has 0 aliphatic carbocycles. The first-order chi connectivity index (χ1) is 10.8. The second-order valence-electron chi connectivity index (χ2n) is 8.99. The molecule has 0 aliphatic rings. The first kappa shape index (κ1) is 21.1. The van der Waals surface area contributed by atoms with E-state index in [-0.39, 0.29) is 10.8 Å². The van der Waals surface area contributed by atoms with Crippen LogP contribution in [0.4, 0.5) is 0 Å². The lowest BCUT2D eigenvalue weighted by molar-refractivity contribution is -0.0857. The summed E-state index contributed by atoms with van der Waals surface area (Å²) in [6, 6.07) is 4.05. The van der Waals surface area contributed by atoms with Crippen LogP contribution in [0.2, 0.25) is 0 Å². The van der Waals surface area contributed by atoms with Crippen molar-refractivity contribution in [3.63, 3.8) is 0 Å². The van der Waals surface area contributed by atoms with E-state index in [1.54, 1.807) is 0 Å². The Morgan fingerprint density at radius 1 is 0.792 bits per heavy atom. The van der Waals surface area contributed by atoms with Crippen LogP contribution in [0.15, 0.2) is 12.1 Å². The Hall–Kier alpha value is -0.940. The highest BCUT2D eigenvalue weighted by molar-refractivity contribution is 5.45. The van der Waals surface area contributed by atoms with Crippen molar-refractivity contribution >= 4 is 0 Å². The third kappa shape index (κ3) is 3.99. The summed E-state index contributed by atoms with van der Waals surface area (Å²) < 4.78 is 0. The number of aliphatic hydroxyl groups is 4. The molecule has 1 aromatic rings. The molecule has 4 heteroatoms. The van der Waals surface area contributed by atoms with Gasteiger partial charge in [0.1, 0.15) is 0 Å². The number of hydrogen-bond acceptors (Lipinski definition) is 4. The molecule has 0 saturated heterocycles. The molecule has 138 valence electrons. The van der Waals surface area contributed by atoms with Crippen molar-refractivity contribution < 1.29 is 20.4 Å². The second kappa shape index (κ2) is 7.12. The van der Waals surface area contributed by atoms with E-state index in [0.29, 0.717) is 5.56 Å². The number of aryl methyl sites for hydroxylation is 1. The molecule has 0 heterocycles. The predicted octanol–water partition coefficient (Wildman–Crippen LogP) is 2.59. The number of aliphatic hydroxyl groups excluding tert-OH is 4. The lowest BCUT2D eigenvalue weighted by Crippen LogP contribution is -2.41. The number of rotatable bonds is 5. The van der Waals surface area contributed by atoms with Gasteiger partial charge in [0.05, 0.1) is 31.3 Å². The zero-order valence-electron chi connectivity index (χ0n) is 16.1. The van der Waals surface area contributed by atoms with Crippen LogP contribution in [0, 0.1) is 12.3 Å². The molecule has 24 heavy (non-hydrogen) atoms. The van der Waals surface area contributed by atoms with Crippen molar-refractivity contribution in [3.05, 3.63) is 34.4 Å². The van der Waals surface area contributed by atoms with Crippen molar-refractivity contribution in [2.45, 2.75) is 65.4 Å². The molecule has 0 fully saturated rings. The quantitative estimate of drug-likeness (QED) is 0.665. The third-order valence-electron chi connectivity index (χ3n) is 4.83. The maximum Gasteiger partial charge on any atom is 0.0915 e. The van der Waals surface area contributed by atoms with Crippen molar-refractivity contribution in [2.24, 2.45) is 5.41 Å². The molecule has 0 aromatic heterocycles. The van der Waals surface area contributed by atoms with Gasteiger partial charge in [0.2, 0.25) is 0 Å². The first-order valence-electron chi connectivity index (χ1n) is 8.50. The van der Waals surface area contributed by atoms with E-state index in [1.807, 2.05) is 6.07 Å². The van der Waals surface area contributed by atoms with Crippen LogP contribution >= 0.6 is 0 Å². The van der Waals surface area contributed by atoms with Crippen molar-refractivity contribution in [2.75, 3.05) is 19.8 Å². The average Bonchev–Trinajstić information content (AvgIpc) is 2.47. The van der Waals surface area contributed by atoms with E-state index in [0.717, 1.165) is 16.7 Å². The highest BCUT2D eigenvalue weighted by Crippen LogP contribution is 2.41. The van der Waals surface area contributed by atoms with E-state index in [2.05, 4.69) is 54.5 Å². The Bertz CT molecular complexity index is 552. The lowest BCUT2D eigenvalue weighted by Gasteiger charge is -2.37. The van der Waals surface area contributed by atoms with Gasteiger partial charge in [-0.2, -0.15) is 0 Å². The van der Waals surface area contributed by atoms with Gasteiger partial charge in [-0.1, -0.05) is 53.7 Å². The molecule has 1 atom stereocenters. The van der Waals surface area contributed by atoms with Crippen molar-refractivity contribution in [1.29, 1.82) is 0 Å². The summed E-state index contributed by atoms with van der Waals surface area (Å²) in [6.45, 7) is 13.1. The molecule has 4 nitrogen and oxygen atoms in total. The maximum atomic E-state index is 11.0. The van der Waals surface area contributed by atoms with Crippen molar-refractivity contribution in [3.8, 4) is 0 Å². The largest absolute Gasteiger partial charge is 0.395 e. The van der Waals surface area contributed by atoms with Crippen LogP contribution in [-0.2, 0) is 10.8 Å². The third-order valence-corrected chi connectivity index (χ3v) is 4.83. The van der Waals surface area contributed by atoms with Crippen LogP contribution in [-0.4, -0.2) is 40.2 Å². The summed E-state index contributed by atoms with van der Waals surface area (Å²) in [4.78, 5) is 0. The van der Waals surface area contributed by atoms with Gasteiger partial charge in [0, 0.05) is 0 Å². The molecule has 1 aromatic carbocycles. The second-order valence-corrected chi connectivity index (χ2v) is 8.99. The van der Waals surface area contributed by atoms with Gasteiger partial charge < -0.3 is 20.4 Å². The first-order valence-corrected chi connectivity index (χ1v) is 8.50. The minimum absolute atomic E-state index is 0.102. The Morgan fingerprint density at radius 3 is 1.54 bits per heavy atom. The molecule has 1 rings (SSSR count). The van der Waals surface area contributed by atoms with Gasteiger partial charge in [-0.15, -0.1) is 0 Å². The zero-order chi connectivity index (χ0) is 18.9. The Balaban J connectivity index is 3.70. The van der Waals surface area contributed by atoms with Crippen LogP contribution in [0.25, 0.3) is 0 Å². The van der Waals surface area contributed by atoms with E-state index in [4.69, 9.17) is 0 Å². The number of benzene rings is 1. The SMILES string of the molecule is Cc1cc(C(C)(C)C)c(C(O)C(CO)(CO)CO)cc1C(C)(C)C. The fourth-order valence-electron chi connectivity index (χ4n) is 3.15. The summed E-state index contributed by atoms with van der Waals surface area (Å²) in [5.41, 5.74) is 2.18. The molecular formula is C20H34O4. The molecule has 0 bridgehead atoms. The zero-order valence-corrected chi connectivity index (χ0v) is 16.1. The topological polar surface area (TPSA) is 80.9 Å².